The average molecular weight is 389 g/mol. The molecule has 4 rings (SSSR count). The largest absolute Gasteiger partial charge is 0.345 e. The molecule has 0 aliphatic heterocycles. The van der Waals surface area contributed by atoms with E-state index in [0.717, 1.165) is 22.5 Å². The molecule has 0 saturated heterocycles. The molecule has 4 aromatic rings. The third kappa shape index (κ3) is 3.76. The van der Waals surface area contributed by atoms with Crippen LogP contribution in [0.3, 0.4) is 0 Å². The van der Waals surface area contributed by atoms with Gasteiger partial charge in [-0.3, -0.25) is 9.36 Å². The molecular weight excluding hydrogens is 366 g/mol. The van der Waals surface area contributed by atoms with Crippen molar-refractivity contribution < 1.29 is 9.32 Å². The minimum absolute atomic E-state index is 0.202. The molecule has 0 atom stereocenters. The first-order chi connectivity index (χ1) is 13.8. The number of nitrogens with one attached hydrogen (secondary N) is 1. The predicted molar refractivity (Wildman–Crippen MR) is 110 cm³/mol. The highest BCUT2D eigenvalue weighted by Crippen LogP contribution is 2.22. The molecule has 7 nitrogen and oxygen atoms in total. The molecule has 0 bridgehead atoms. The van der Waals surface area contributed by atoms with E-state index < -0.39 is 0 Å². The fourth-order valence-corrected chi connectivity index (χ4v) is 3.14. The summed E-state index contributed by atoms with van der Waals surface area (Å²) in [4.78, 5) is 21.6. The van der Waals surface area contributed by atoms with Crippen LogP contribution in [0.15, 0.2) is 53.1 Å². The second-order valence-corrected chi connectivity index (χ2v) is 7.98. The zero-order valence-corrected chi connectivity index (χ0v) is 16.9. The molecule has 0 aliphatic rings. The number of carbonyl (C=O) groups excluding carboxylic acids is 1. The quantitative estimate of drug-likeness (QED) is 0.571. The maximum atomic E-state index is 12.6. The van der Waals surface area contributed by atoms with E-state index >= 15 is 0 Å². The molecular formula is C22H23N5O2. The van der Waals surface area contributed by atoms with Crippen molar-refractivity contribution in [2.75, 3.05) is 0 Å². The number of imidazole rings is 1. The normalized spacial score (nSPS) is 11.7. The molecule has 0 radical (unpaired) electrons. The molecule has 1 N–H and O–H groups in total. The number of benzene rings is 2. The molecule has 2 aromatic heterocycles. The van der Waals surface area contributed by atoms with Crippen LogP contribution in [-0.4, -0.2) is 25.6 Å². The molecule has 0 saturated carbocycles. The maximum Gasteiger partial charge on any atom is 0.251 e. The number of aromatic nitrogens is 4. The van der Waals surface area contributed by atoms with Crippen molar-refractivity contribution in [2.45, 2.75) is 39.7 Å². The first kappa shape index (κ1) is 18.9. The lowest BCUT2D eigenvalue weighted by molar-refractivity contribution is 0.0949. The van der Waals surface area contributed by atoms with Crippen molar-refractivity contribution in [3.8, 4) is 5.69 Å². The standard InChI is InChI=1S/C22H23N5O2/c1-14-24-17-12-15(10-11-18(17)27(14)16-8-6-5-7-9-16)20(28)23-13-19-25-21(29-26-19)22(2,3)4/h5-12H,13H2,1-4H3,(H,23,28). The molecule has 1 amide bonds. The molecule has 148 valence electrons. The highest BCUT2D eigenvalue weighted by Gasteiger charge is 2.22. The Morgan fingerprint density at radius 3 is 2.55 bits per heavy atom. The Morgan fingerprint density at radius 2 is 1.86 bits per heavy atom. The Hall–Kier alpha value is -3.48. The third-order valence-electron chi connectivity index (χ3n) is 4.62. The Kier molecular flexibility index (Phi) is 4.66. The van der Waals surface area contributed by atoms with Crippen molar-refractivity contribution in [3.63, 3.8) is 0 Å². The highest BCUT2D eigenvalue weighted by molar-refractivity contribution is 5.97. The fraction of sp³-hybridized carbons (Fsp3) is 0.273. The van der Waals surface area contributed by atoms with Gasteiger partial charge in [-0.2, -0.15) is 4.98 Å². The van der Waals surface area contributed by atoms with E-state index in [0.29, 0.717) is 17.3 Å². The number of aryl methyl sites for hydroxylation is 1. The van der Waals surface area contributed by atoms with Crippen LogP contribution in [0, 0.1) is 6.92 Å². The smallest absolute Gasteiger partial charge is 0.251 e. The van der Waals surface area contributed by atoms with Gasteiger partial charge in [-0.15, -0.1) is 0 Å². The SMILES string of the molecule is Cc1nc2cc(C(=O)NCc3noc(C(C)(C)C)n3)ccc2n1-c1ccccc1. The number of rotatable bonds is 4. The summed E-state index contributed by atoms with van der Waals surface area (Å²) >= 11 is 0. The van der Waals surface area contributed by atoms with E-state index in [9.17, 15) is 4.79 Å². The van der Waals surface area contributed by atoms with E-state index in [1.165, 1.54) is 0 Å². The summed E-state index contributed by atoms with van der Waals surface area (Å²) in [5.41, 5.74) is 3.08. The second kappa shape index (κ2) is 7.16. The summed E-state index contributed by atoms with van der Waals surface area (Å²) in [5, 5.41) is 6.77. The Morgan fingerprint density at radius 1 is 1.10 bits per heavy atom. The molecule has 29 heavy (non-hydrogen) atoms. The molecule has 0 unspecified atom stereocenters. The second-order valence-electron chi connectivity index (χ2n) is 7.98. The van der Waals surface area contributed by atoms with Gasteiger partial charge in [-0.1, -0.05) is 44.1 Å². The number of nitrogens with zero attached hydrogens (tertiary/aromatic N) is 4. The van der Waals surface area contributed by atoms with Crippen LogP contribution < -0.4 is 5.32 Å². The lowest BCUT2D eigenvalue weighted by Crippen LogP contribution is -2.23. The Balaban J connectivity index is 1.54. The van der Waals surface area contributed by atoms with E-state index in [1.54, 1.807) is 12.1 Å². The molecule has 0 aliphatic carbocycles. The number of hydrogen-bond acceptors (Lipinski definition) is 5. The number of hydrogen-bond donors (Lipinski definition) is 1. The van der Waals surface area contributed by atoms with E-state index in [2.05, 4.69) is 25.0 Å². The van der Waals surface area contributed by atoms with Gasteiger partial charge in [0, 0.05) is 16.7 Å². The van der Waals surface area contributed by atoms with E-state index in [1.807, 2.05) is 64.1 Å². The van der Waals surface area contributed by atoms with Crippen LogP contribution in [0.5, 0.6) is 0 Å². The van der Waals surface area contributed by atoms with Crippen LogP contribution in [0.1, 0.15) is 48.7 Å². The lowest BCUT2D eigenvalue weighted by atomic mass is 9.97. The van der Waals surface area contributed by atoms with Crippen molar-refractivity contribution in [1.82, 2.24) is 25.0 Å². The third-order valence-corrected chi connectivity index (χ3v) is 4.62. The Labute approximate surface area is 168 Å². The fourth-order valence-electron chi connectivity index (χ4n) is 3.14. The molecule has 2 aromatic carbocycles. The van der Waals surface area contributed by atoms with Gasteiger partial charge < -0.3 is 9.84 Å². The molecule has 7 heteroatoms. The summed E-state index contributed by atoms with van der Waals surface area (Å²) in [5.74, 6) is 1.66. The number of carbonyl (C=O) groups is 1. The monoisotopic (exact) mass is 389 g/mol. The lowest BCUT2D eigenvalue weighted by Gasteiger charge is -2.10. The van der Waals surface area contributed by atoms with Crippen LogP contribution in [-0.2, 0) is 12.0 Å². The number of fused-ring (bicyclic) bond motifs is 1. The van der Waals surface area contributed by atoms with Crippen molar-refractivity contribution in [2.24, 2.45) is 0 Å². The van der Waals surface area contributed by atoms with Gasteiger partial charge in [0.1, 0.15) is 5.82 Å². The first-order valence-electron chi connectivity index (χ1n) is 9.49. The van der Waals surface area contributed by atoms with Gasteiger partial charge in [0.2, 0.25) is 5.89 Å². The van der Waals surface area contributed by atoms with Crippen molar-refractivity contribution >= 4 is 16.9 Å². The molecule has 0 spiro atoms. The van der Waals surface area contributed by atoms with Crippen molar-refractivity contribution in [3.05, 3.63) is 71.6 Å². The van der Waals surface area contributed by atoms with Gasteiger partial charge in [0.15, 0.2) is 5.82 Å². The average Bonchev–Trinajstić information content (AvgIpc) is 3.29. The van der Waals surface area contributed by atoms with Crippen LogP contribution in [0.2, 0.25) is 0 Å². The summed E-state index contributed by atoms with van der Waals surface area (Å²) < 4.78 is 7.33. The van der Waals surface area contributed by atoms with Crippen LogP contribution >= 0.6 is 0 Å². The van der Waals surface area contributed by atoms with E-state index in [-0.39, 0.29) is 17.9 Å². The summed E-state index contributed by atoms with van der Waals surface area (Å²) in [7, 11) is 0. The van der Waals surface area contributed by atoms with Gasteiger partial charge in [0.05, 0.1) is 17.6 Å². The van der Waals surface area contributed by atoms with Crippen LogP contribution in [0.25, 0.3) is 16.7 Å². The molecule has 2 heterocycles. The molecule has 0 fully saturated rings. The number of amides is 1. The van der Waals surface area contributed by atoms with Crippen LogP contribution in [0.4, 0.5) is 0 Å². The minimum Gasteiger partial charge on any atom is -0.345 e. The number of para-hydroxylation sites is 1. The van der Waals surface area contributed by atoms with Crippen molar-refractivity contribution in [1.29, 1.82) is 0 Å². The predicted octanol–water partition coefficient (Wildman–Crippen LogP) is 3.94. The maximum absolute atomic E-state index is 12.6. The Bertz CT molecular complexity index is 1170. The summed E-state index contributed by atoms with van der Waals surface area (Å²) in [6, 6.07) is 15.6. The van der Waals surface area contributed by atoms with Gasteiger partial charge in [-0.25, -0.2) is 4.98 Å². The van der Waals surface area contributed by atoms with Gasteiger partial charge >= 0.3 is 0 Å². The van der Waals surface area contributed by atoms with Gasteiger partial charge in [0.25, 0.3) is 5.91 Å². The minimum atomic E-state index is -0.226. The van der Waals surface area contributed by atoms with Gasteiger partial charge in [-0.05, 0) is 37.3 Å². The van der Waals surface area contributed by atoms with E-state index in [4.69, 9.17) is 4.52 Å². The first-order valence-corrected chi connectivity index (χ1v) is 9.49. The zero-order chi connectivity index (χ0) is 20.6. The highest BCUT2D eigenvalue weighted by atomic mass is 16.5. The summed E-state index contributed by atoms with van der Waals surface area (Å²) in [6.45, 7) is 8.14. The summed E-state index contributed by atoms with van der Waals surface area (Å²) in [6.07, 6.45) is 0. The zero-order valence-electron chi connectivity index (χ0n) is 16.9. The topological polar surface area (TPSA) is 85.8 Å².